The number of hydrogen-bond donors (Lipinski definition) is 1. The molecule has 0 fully saturated rings. The van der Waals surface area contributed by atoms with Gasteiger partial charge in [-0.1, -0.05) is 6.42 Å². The van der Waals surface area contributed by atoms with Crippen molar-refractivity contribution in [2.75, 3.05) is 13.7 Å². The van der Waals surface area contributed by atoms with Crippen LogP contribution in [-0.2, 0) is 9.53 Å². The van der Waals surface area contributed by atoms with E-state index in [1.54, 1.807) is 12.1 Å². The van der Waals surface area contributed by atoms with Gasteiger partial charge in [-0.3, -0.25) is 9.59 Å². The molecule has 0 aliphatic heterocycles. The summed E-state index contributed by atoms with van der Waals surface area (Å²) in [6.07, 6.45) is 4.46. The molecule has 1 heterocycles. The lowest BCUT2D eigenvalue weighted by Gasteiger charge is -2.05. The lowest BCUT2D eigenvalue weighted by atomic mass is 10.2. The Morgan fingerprint density at radius 1 is 1.32 bits per heavy atom. The molecule has 0 spiro atoms. The Morgan fingerprint density at radius 3 is 2.74 bits per heavy atom. The quantitative estimate of drug-likeness (QED) is 0.473. The Kier molecular flexibility index (Phi) is 7.10. The second-order valence-corrected chi connectivity index (χ2v) is 4.82. The highest BCUT2D eigenvalue weighted by molar-refractivity contribution is 9.10. The molecule has 1 amide bonds. The number of carbonyl (C=O) groups excluding carboxylic acids is 2. The number of carbonyl (C=O) groups is 2. The number of esters is 1. The van der Waals surface area contributed by atoms with E-state index in [-0.39, 0.29) is 11.9 Å². The molecule has 0 radical (unpaired) electrons. The maximum Gasteiger partial charge on any atom is 0.305 e. The highest BCUT2D eigenvalue weighted by Gasteiger charge is 2.05. The lowest BCUT2D eigenvalue weighted by Crippen LogP contribution is -2.24. The summed E-state index contributed by atoms with van der Waals surface area (Å²) in [5, 5.41) is 2.81. The van der Waals surface area contributed by atoms with E-state index >= 15 is 0 Å². The molecule has 0 saturated carbocycles. The Hall–Kier alpha value is -1.43. The van der Waals surface area contributed by atoms with Gasteiger partial charge >= 0.3 is 5.97 Å². The lowest BCUT2D eigenvalue weighted by molar-refractivity contribution is -0.140. The van der Waals surface area contributed by atoms with Gasteiger partial charge in [-0.15, -0.1) is 0 Å². The van der Waals surface area contributed by atoms with Gasteiger partial charge in [0.05, 0.1) is 12.7 Å². The average Bonchev–Trinajstić information content (AvgIpc) is 2.42. The summed E-state index contributed by atoms with van der Waals surface area (Å²) in [6.45, 7) is 0.593. The van der Waals surface area contributed by atoms with Crippen molar-refractivity contribution >= 4 is 27.8 Å². The summed E-state index contributed by atoms with van der Waals surface area (Å²) in [6, 6.07) is 3.44. The van der Waals surface area contributed by atoms with Crippen molar-refractivity contribution in [1.82, 2.24) is 10.3 Å². The van der Waals surface area contributed by atoms with Gasteiger partial charge in [0.1, 0.15) is 4.60 Å². The molecule has 6 heteroatoms. The van der Waals surface area contributed by atoms with Gasteiger partial charge in [-0.05, 0) is 40.9 Å². The Labute approximate surface area is 120 Å². The van der Waals surface area contributed by atoms with Crippen LogP contribution in [0.25, 0.3) is 0 Å². The Morgan fingerprint density at radius 2 is 2.11 bits per heavy atom. The third-order valence-corrected chi connectivity index (χ3v) is 3.03. The minimum atomic E-state index is -0.190. The molecular weight excluding hydrogens is 312 g/mol. The van der Waals surface area contributed by atoms with E-state index in [0.29, 0.717) is 23.1 Å². The first kappa shape index (κ1) is 15.6. The van der Waals surface area contributed by atoms with Gasteiger partial charge in [0.25, 0.3) is 5.91 Å². The summed E-state index contributed by atoms with van der Waals surface area (Å²) in [4.78, 5) is 26.6. The zero-order chi connectivity index (χ0) is 14.1. The molecule has 1 aromatic heterocycles. The number of unbranched alkanes of at least 4 members (excludes halogenated alkanes) is 2. The van der Waals surface area contributed by atoms with E-state index < -0.39 is 0 Å². The number of pyridine rings is 1. The number of aromatic nitrogens is 1. The van der Waals surface area contributed by atoms with Crippen molar-refractivity contribution in [2.45, 2.75) is 25.7 Å². The topological polar surface area (TPSA) is 68.3 Å². The molecule has 0 saturated heterocycles. The summed E-state index contributed by atoms with van der Waals surface area (Å²) >= 11 is 3.21. The molecule has 0 unspecified atom stereocenters. The van der Waals surface area contributed by atoms with Gasteiger partial charge in [0.2, 0.25) is 0 Å². The van der Waals surface area contributed by atoms with E-state index in [1.807, 2.05) is 0 Å². The Bertz CT molecular complexity index is 420. The number of ether oxygens (including phenoxy) is 1. The van der Waals surface area contributed by atoms with Gasteiger partial charge in [-0.2, -0.15) is 0 Å². The van der Waals surface area contributed by atoms with E-state index in [2.05, 4.69) is 31.0 Å². The number of amides is 1. The van der Waals surface area contributed by atoms with Crippen LogP contribution in [0.15, 0.2) is 22.9 Å². The SMILES string of the molecule is COC(=O)CCCCCNC(=O)c1ccc(Br)nc1. The molecule has 1 aromatic rings. The molecule has 0 aliphatic carbocycles. The second kappa shape index (κ2) is 8.63. The number of nitrogens with zero attached hydrogens (tertiary/aromatic N) is 1. The number of rotatable bonds is 7. The molecule has 104 valence electrons. The maximum atomic E-state index is 11.7. The summed E-state index contributed by atoms with van der Waals surface area (Å²) in [7, 11) is 1.38. The standard InChI is InChI=1S/C13H17BrN2O3/c1-19-12(17)5-3-2-4-8-15-13(18)10-6-7-11(14)16-9-10/h6-7,9H,2-5,8H2,1H3,(H,15,18). The monoisotopic (exact) mass is 328 g/mol. The molecule has 0 atom stereocenters. The van der Waals surface area contributed by atoms with Crippen molar-refractivity contribution in [2.24, 2.45) is 0 Å². The zero-order valence-electron chi connectivity index (χ0n) is 10.8. The highest BCUT2D eigenvalue weighted by Crippen LogP contribution is 2.06. The molecule has 1 N–H and O–H groups in total. The second-order valence-electron chi connectivity index (χ2n) is 4.01. The first-order chi connectivity index (χ1) is 9.13. The van der Waals surface area contributed by atoms with Gasteiger partial charge in [0.15, 0.2) is 0 Å². The van der Waals surface area contributed by atoms with Crippen LogP contribution in [0.3, 0.4) is 0 Å². The first-order valence-corrected chi connectivity index (χ1v) is 6.89. The fraction of sp³-hybridized carbons (Fsp3) is 0.462. The molecular formula is C13H17BrN2O3. The number of halogens is 1. The maximum absolute atomic E-state index is 11.7. The van der Waals surface area contributed by atoms with E-state index in [1.165, 1.54) is 13.3 Å². The van der Waals surface area contributed by atoms with Crippen molar-refractivity contribution in [3.63, 3.8) is 0 Å². The van der Waals surface area contributed by atoms with Crippen molar-refractivity contribution < 1.29 is 14.3 Å². The van der Waals surface area contributed by atoms with Crippen LogP contribution < -0.4 is 5.32 Å². The number of nitrogens with one attached hydrogen (secondary N) is 1. The summed E-state index contributed by atoms with van der Waals surface area (Å²) in [5.74, 6) is -0.321. The highest BCUT2D eigenvalue weighted by atomic mass is 79.9. The van der Waals surface area contributed by atoms with E-state index in [4.69, 9.17) is 0 Å². The fourth-order valence-electron chi connectivity index (χ4n) is 1.49. The molecule has 0 bridgehead atoms. The van der Waals surface area contributed by atoms with Crippen molar-refractivity contribution in [3.05, 3.63) is 28.5 Å². The summed E-state index contributed by atoms with van der Waals surface area (Å²) < 4.78 is 5.24. The minimum Gasteiger partial charge on any atom is -0.469 e. The van der Waals surface area contributed by atoms with E-state index in [9.17, 15) is 9.59 Å². The van der Waals surface area contributed by atoms with E-state index in [0.717, 1.165) is 19.3 Å². The predicted octanol–water partition coefficient (Wildman–Crippen LogP) is 2.31. The molecule has 5 nitrogen and oxygen atoms in total. The van der Waals surface area contributed by atoms with Gasteiger partial charge < -0.3 is 10.1 Å². The smallest absolute Gasteiger partial charge is 0.305 e. The predicted molar refractivity (Wildman–Crippen MR) is 74.8 cm³/mol. The third-order valence-electron chi connectivity index (χ3n) is 2.56. The normalized spacial score (nSPS) is 10.0. The molecule has 0 aromatic carbocycles. The van der Waals surface area contributed by atoms with Gasteiger partial charge in [0, 0.05) is 19.2 Å². The van der Waals surface area contributed by atoms with Crippen molar-refractivity contribution in [3.8, 4) is 0 Å². The molecule has 0 aliphatic rings. The Balaban J connectivity index is 2.14. The summed E-state index contributed by atoms with van der Waals surface area (Å²) in [5.41, 5.74) is 0.540. The molecule has 19 heavy (non-hydrogen) atoms. The number of hydrogen-bond acceptors (Lipinski definition) is 4. The van der Waals surface area contributed by atoms with Crippen LogP contribution in [0.4, 0.5) is 0 Å². The van der Waals surface area contributed by atoms with Gasteiger partial charge in [-0.25, -0.2) is 4.98 Å². The average molecular weight is 329 g/mol. The van der Waals surface area contributed by atoms with Crippen LogP contribution in [0.1, 0.15) is 36.0 Å². The van der Waals surface area contributed by atoms with Crippen LogP contribution in [0.2, 0.25) is 0 Å². The largest absolute Gasteiger partial charge is 0.469 e. The van der Waals surface area contributed by atoms with Crippen LogP contribution in [0, 0.1) is 0 Å². The minimum absolute atomic E-state index is 0.132. The fourth-order valence-corrected chi connectivity index (χ4v) is 1.72. The molecule has 1 rings (SSSR count). The van der Waals surface area contributed by atoms with Crippen LogP contribution in [-0.4, -0.2) is 30.5 Å². The van der Waals surface area contributed by atoms with Crippen LogP contribution in [0.5, 0.6) is 0 Å². The first-order valence-electron chi connectivity index (χ1n) is 6.10. The third kappa shape index (κ3) is 6.33. The van der Waals surface area contributed by atoms with Crippen LogP contribution >= 0.6 is 15.9 Å². The van der Waals surface area contributed by atoms with Crippen molar-refractivity contribution in [1.29, 1.82) is 0 Å². The zero-order valence-corrected chi connectivity index (χ0v) is 12.4. The number of methoxy groups -OCH3 is 1.